The number of rotatable bonds is 25. The molecule has 16 heteroatoms. The van der Waals surface area contributed by atoms with Crippen LogP contribution in [0.5, 0.6) is 0 Å². The maximum Gasteiger partial charge on any atom is 0.500 e. The van der Waals surface area contributed by atoms with Gasteiger partial charge in [-0.3, -0.25) is 4.79 Å². The van der Waals surface area contributed by atoms with E-state index in [9.17, 15) is 4.79 Å². The van der Waals surface area contributed by atoms with Gasteiger partial charge in [-0.15, -0.1) is 6.54 Å². The summed E-state index contributed by atoms with van der Waals surface area (Å²) >= 11 is 0. The van der Waals surface area contributed by atoms with Crippen molar-refractivity contribution in [3.8, 4) is 0 Å². The number of amides is 1. The van der Waals surface area contributed by atoms with Crippen LogP contribution in [-0.2, 0) is 44.6 Å². The van der Waals surface area contributed by atoms with E-state index < -0.39 is 34.5 Å². The van der Waals surface area contributed by atoms with E-state index in [2.05, 4.69) is 12.2 Å². The summed E-state index contributed by atoms with van der Waals surface area (Å²) < 4.78 is 51.0. The van der Waals surface area contributed by atoms with Gasteiger partial charge in [-0.1, -0.05) is 37.4 Å². The van der Waals surface area contributed by atoms with Crippen molar-refractivity contribution in [1.29, 1.82) is 0 Å². The zero-order chi connectivity index (χ0) is 29.1. The second-order valence-electron chi connectivity index (χ2n) is 9.30. The van der Waals surface area contributed by atoms with Gasteiger partial charge in [0, 0.05) is 88.5 Å². The second kappa shape index (κ2) is 20.8. The Morgan fingerprint density at radius 1 is 0.538 bits per heavy atom. The Bertz CT molecular complexity index is 540. The van der Waals surface area contributed by atoms with Gasteiger partial charge in [0.05, 0.1) is 8.07 Å². The smallest absolute Gasteiger partial charge is 0.386 e. The first-order chi connectivity index (χ1) is 18.1. The van der Waals surface area contributed by atoms with Crippen LogP contribution in [-0.4, -0.2) is 111 Å². The molecule has 0 spiro atoms. The molecule has 0 saturated heterocycles. The van der Waals surface area contributed by atoms with Gasteiger partial charge < -0.3 is 52.1 Å². The van der Waals surface area contributed by atoms with Crippen LogP contribution in [0.25, 0.3) is 0 Å². The molecule has 0 aliphatic carbocycles. The third-order valence-corrected chi connectivity index (χ3v) is 21.6. The Hall–Kier alpha value is -1.02. The first kappa shape index (κ1) is 40.1. The van der Waals surface area contributed by atoms with Crippen LogP contribution in [0.3, 0.4) is 0 Å². The van der Waals surface area contributed by atoms with Gasteiger partial charge in [-0.05, 0) is 6.04 Å². The van der Waals surface area contributed by atoms with E-state index in [4.69, 9.17) is 39.8 Å². The fraction of sp³-hybridized carbons (Fsp3) is 0.913. The molecule has 0 aromatic carbocycles. The quantitative estimate of drug-likeness (QED) is 0.108. The molecule has 0 unspecified atom stereocenters. The Morgan fingerprint density at radius 3 is 1.05 bits per heavy atom. The maximum absolute atomic E-state index is 12.5. The van der Waals surface area contributed by atoms with Crippen molar-refractivity contribution in [2.45, 2.75) is 68.0 Å². The monoisotopic (exact) mass is 883 g/mol. The Balaban J connectivity index is 0. The van der Waals surface area contributed by atoms with Gasteiger partial charge in [0.1, 0.15) is 0 Å². The molecule has 0 bridgehead atoms. The summed E-state index contributed by atoms with van der Waals surface area (Å²) in [5, 5.41) is 2.85. The molecule has 0 aliphatic rings. The minimum atomic E-state index is -2.70. The number of hydrogen-bond acceptors (Lipinski definition) is 10. The summed E-state index contributed by atoms with van der Waals surface area (Å²) in [7, 11) is 4.64. The molecule has 11 nitrogen and oxygen atoms in total. The normalized spacial score (nSPS) is 12.9. The Kier molecular flexibility index (Phi) is 21.4. The summed E-state index contributed by atoms with van der Waals surface area (Å²) in [6.45, 7) is 4.13. The van der Waals surface area contributed by atoms with Crippen molar-refractivity contribution < 1.29 is 44.6 Å². The van der Waals surface area contributed by atoms with Gasteiger partial charge in [0.2, 0.25) is 5.91 Å². The molecule has 0 aromatic heterocycles. The third-order valence-electron chi connectivity index (χ3n) is 7.57. The second-order valence-corrected chi connectivity index (χ2v) is 23.6. The molecule has 0 aromatic rings. The summed E-state index contributed by atoms with van der Waals surface area (Å²) in [6.07, 6.45) is 3.17. The minimum Gasteiger partial charge on any atom is -0.386 e. The zero-order valence-electron chi connectivity index (χ0n) is 26.0. The molecule has 0 saturated carbocycles. The zero-order valence-corrected chi connectivity index (χ0v) is 36.4. The van der Waals surface area contributed by atoms with E-state index >= 15 is 0 Å². The molecular weight excluding hydrogens is 830 g/mol. The average Bonchev–Trinajstić information content (AvgIpc) is 2.95. The fourth-order valence-corrected chi connectivity index (χ4v) is 16.3. The van der Waals surface area contributed by atoms with Crippen molar-refractivity contribution in [2.24, 2.45) is 0 Å². The summed E-state index contributed by atoms with van der Waals surface area (Å²) in [5.74, 6) is 0.0371. The first-order valence-electron chi connectivity index (χ1n) is 13.1. The van der Waals surface area contributed by atoms with Crippen molar-refractivity contribution in [2.75, 3.05) is 70.5 Å². The Morgan fingerprint density at radius 2 is 0.821 bits per heavy atom. The minimum absolute atomic E-state index is 0. The molecule has 1 N–H and O–H groups in total. The fourth-order valence-electron chi connectivity index (χ4n) is 5.06. The number of carbonyl (C=O) groups is 1. The predicted octanol–water partition coefficient (Wildman–Crippen LogP) is 3.58. The number of hydrogen-bond donors (Lipinski definition) is 1. The van der Waals surface area contributed by atoms with Gasteiger partial charge in [0.15, 0.2) is 0 Å². The summed E-state index contributed by atoms with van der Waals surface area (Å²) in [6, 6.07) is 6.06. The van der Waals surface area contributed by atoms with E-state index in [-0.39, 0.29) is 5.91 Å². The van der Waals surface area contributed by atoms with Crippen LogP contribution in [0.15, 0.2) is 0 Å². The molecule has 1 amide bonds. The van der Waals surface area contributed by atoms with Crippen LogP contribution in [0.4, 0.5) is 0 Å². The van der Waals surface area contributed by atoms with E-state index in [1.165, 1.54) is 0 Å². The predicted molar refractivity (Wildman–Crippen MR) is 157 cm³/mol. The van der Waals surface area contributed by atoms with Crippen LogP contribution in [0.2, 0.25) is 42.3 Å². The van der Waals surface area contributed by atoms with E-state index in [0.29, 0.717) is 13.0 Å². The molecule has 0 fully saturated rings. The van der Waals surface area contributed by atoms with Crippen molar-refractivity contribution in [3.05, 3.63) is 6.92 Å². The van der Waals surface area contributed by atoms with Crippen LogP contribution in [0.1, 0.15) is 25.7 Å². The van der Waals surface area contributed by atoms with E-state index in [1.54, 1.807) is 64.0 Å². The van der Waals surface area contributed by atoms with Gasteiger partial charge in [0.25, 0.3) is 0 Å². The average molecular weight is 884 g/mol. The van der Waals surface area contributed by atoms with Crippen molar-refractivity contribution in [1.82, 2.24) is 5.32 Å². The summed E-state index contributed by atoms with van der Waals surface area (Å²) in [5.41, 5.74) is 0. The first-order valence-corrected chi connectivity index (χ1v) is 21.8. The topological polar surface area (TPSA) is 112 Å². The van der Waals surface area contributed by atoms with Crippen LogP contribution < -0.4 is 5.32 Å². The maximum atomic E-state index is 12.5. The van der Waals surface area contributed by atoms with Gasteiger partial charge in [-0.2, -0.15) is 0 Å². The van der Waals surface area contributed by atoms with Crippen LogP contribution >= 0.6 is 0 Å². The molecule has 0 radical (unpaired) electrons. The number of nitrogens with one attached hydrogen (secondary N) is 1. The molecule has 230 valence electrons. The molecular formula is C23H54NO10RfSi4-. The molecule has 0 heterocycles. The molecule has 39 heavy (non-hydrogen) atoms. The van der Waals surface area contributed by atoms with Crippen molar-refractivity contribution in [3.63, 3.8) is 0 Å². The SMILES string of the molecule is [CH2-]CNC(=O)CC[Si](CCC[Si](OC)(OC)OC)(CCC[Si](OC)(OC)OC)CCC[Si](OC)(OC)OC.[Rf]. The summed E-state index contributed by atoms with van der Waals surface area (Å²) in [4.78, 5) is 12.5. The van der Waals surface area contributed by atoms with E-state index in [1.807, 2.05) is 0 Å². The van der Waals surface area contributed by atoms with Crippen molar-refractivity contribution >= 4 is 40.4 Å². The van der Waals surface area contributed by atoms with Crippen LogP contribution in [0, 0.1) is 6.92 Å². The van der Waals surface area contributed by atoms with E-state index in [0.717, 1.165) is 61.6 Å². The molecule has 0 rings (SSSR count). The standard InChI is InChI=1S/C23H54NO10Si4.Rf/c1-11-24-23(25)15-22-35(16-12-19-36(26-2,27-3)28-4,17-13-20-37(29-5,30-6)31-7)18-14-21-38(32-8,33-9)34-10;/h1,11-22H2,2-10H3,(H,24,25);/q-1;. The largest absolute Gasteiger partial charge is 0.500 e. The van der Waals surface area contributed by atoms with Gasteiger partial charge in [-0.25, -0.2) is 0 Å². The number of carbonyl (C=O) groups excluding carboxylic acids is 1. The third kappa shape index (κ3) is 13.0. The van der Waals surface area contributed by atoms with Gasteiger partial charge >= 0.3 is 26.4 Å². The Labute approximate surface area is 235 Å². The molecule has 0 aliphatic heterocycles. The molecule has 0 atom stereocenters.